The molecule has 0 spiro atoms. The molecule has 0 aliphatic rings. The van der Waals surface area contributed by atoms with Gasteiger partial charge in [-0.1, -0.05) is 5.16 Å². The molecule has 1 rings (SSSR count). The molecule has 0 amide bonds. The van der Waals surface area contributed by atoms with Gasteiger partial charge >= 0.3 is 0 Å². The second kappa shape index (κ2) is 4.99. The Morgan fingerprint density at radius 1 is 1.62 bits per heavy atom. The van der Waals surface area contributed by atoms with Gasteiger partial charge in [0, 0.05) is 25.2 Å². The van der Waals surface area contributed by atoms with Gasteiger partial charge in [0.25, 0.3) is 0 Å². The fourth-order valence-corrected chi connectivity index (χ4v) is 1.22. The lowest BCUT2D eigenvalue weighted by atomic mass is 10.3. The zero-order valence-electron chi connectivity index (χ0n) is 8.45. The van der Waals surface area contributed by atoms with Crippen molar-refractivity contribution in [3.05, 3.63) is 18.0 Å². The number of aromatic nitrogens is 1. The normalized spacial score (nSPS) is 13.5. The third-order valence-corrected chi connectivity index (χ3v) is 1.76. The van der Waals surface area contributed by atoms with Gasteiger partial charge in [-0.25, -0.2) is 0 Å². The summed E-state index contributed by atoms with van der Waals surface area (Å²) in [6.45, 7) is 3.95. The molecule has 4 nitrogen and oxygen atoms in total. The van der Waals surface area contributed by atoms with Gasteiger partial charge in [0.1, 0.15) is 6.26 Å². The summed E-state index contributed by atoms with van der Waals surface area (Å²) >= 11 is 0. The summed E-state index contributed by atoms with van der Waals surface area (Å²) in [7, 11) is 4.13. The maximum Gasteiger partial charge on any atom is 0.124 e. The summed E-state index contributed by atoms with van der Waals surface area (Å²) < 4.78 is 4.73. The van der Waals surface area contributed by atoms with Crippen LogP contribution in [-0.2, 0) is 6.54 Å². The largest absolute Gasteiger partial charge is 0.364 e. The second-order valence-corrected chi connectivity index (χ2v) is 3.53. The molecular weight excluding hydrogens is 166 g/mol. The van der Waals surface area contributed by atoms with E-state index >= 15 is 0 Å². The van der Waals surface area contributed by atoms with Crippen LogP contribution in [0.2, 0.25) is 0 Å². The summed E-state index contributed by atoms with van der Waals surface area (Å²) in [5.74, 6) is 0. The predicted molar refractivity (Wildman–Crippen MR) is 51.4 cm³/mol. The highest BCUT2D eigenvalue weighted by atomic mass is 16.5. The number of rotatable bonds is 5. The first-order valence-electron chi connectivity index (χ1n) is 4.46. The predicted octanol–water partition coefficient (Wildman–Crippen LogP) is 0.714. The van der Waals surface area contributed by atoms with E-state index in [1.165, 1.54) is 0 Å². The molecule has 1 unspecified atom stereocenters. The van der Waals surface area contributed by atoms with Gasteiger partial charge < -0.3 is 14.7 Å². The van der Waals surface area contributed by atoms with Crippen LogP contribution in [0.15, 0.2) is 16.9 Å². The number of hydrogen-bond acceptors (Lipinski definition) is 4. The molecule has 0 saturated heterocycles. The van der Waals surface area contributed by atoms with Crippen LogP contribution >= 0.6 is 0 Å². The first-order chi connectivity index (χ1) is 6.18. The van der Waals surface area contributed by atoms with E-state index in [2.05, 4.69) is 36.4 Å². The zero-order chi connectivity index (χ0) is 9.68. The van der Waals surface area contributed by atoms with Gasteiger partial charge in [-0.2, -0.15) is 0 Å². The molecule has 1 N–H and O–H groups in total. The van der Waals surface area contributed by atoms with Gasteiger partial charge in [-0.3, -0.25) is 0 Å². The van der Waals surface area contributed by atoms with Crippen molar-refractivity contribution in [2.75, 3.05) is 20.6 Å². The van der Waals surface area contributed by atoms with E-state index in [1.54, 1.807) is 6.26 Å². The first-order valence-corrected chi connectivity index (χ1v) is 4.46. The van der Waals surface area contributed by atoms with Gasteiger partial charge in [-0.05, 0) is 21.0 Å². The molecule has 74 valence electrons. The third kappa shape index (κ3) is 4.05. The van der Waals surface area contributed by atoms with Gasteiger partial charge in [-0.15, -0.1) is 0 Å². The molecule has 0 bridgehead atoms. The van der Waals surface area contributed by atoms with Crippen molar-refractivity contribution in [1.29, 1.82) is 0 Å². The maximum absolute atomic E-state index is 4.73. The lowest BCUT2D eigenvalue weighted by Crippen LogP contribution is -2.35. The van der Waals surface area contributed by atoms with Crippen LogP contribution in [0.4, 0.5) is 0 Å². The van der Waals surface area contributed by atoms with Crippen molar-refractivity contribution in [1.82, 2.24) is 15.4 Å². The Balaban J connectivity index is 2.19. The Bertz CT molecular complexity index is 221. The number of likely N-dealkylation sites (N-methyl/N-ethyl adjacent to an activating group) is 1. The quantitative estimate of drug-likeness (QED) is 0.730. The van der Waals surface area contributed by atoms with Crippen LogP contribution in [0.25, 0.3) is 0 Å². The van der Waals surface area contributed by atoms with Crippen LogP contribution in [0.5, 0.6) is 0 Å². The summed E-state index contributed by atoms with van der Waals surface area (Å²) in [6.07, 6.45) is 1.59. The van der Waals surface area contributed by atoms with Crippen LogP contribution in [-0.4, -0.2) is 36.7 Å². The minimum atomic E-state index is 0.465. The zero-order valence-corrected chi connectivity index (χ0v) is 8.45. The fourth-order valence-electron chi connectivity index (χ4n) is 1.22. The highest BCUT2D eigenvalue weighted by Crippen LogP contribution is 1.94. The molecule has 0 aromatic carbocycles. The molecule has 1 heterocycles. The van der Waals surface area contributed by atoms with E-state index in [0.29, 0.717) is 6.04 Å². The number of nitrogens with zero attached hydrogens (tertiary/aromatic N) is 2. The van der Waals surface area contributed by atoms with Gasteiger partial charge in [0.2, 0.25) is 0 Å². The highest BCUT2D eigenvalue weighted by Gasteiger charge is 2.03. The van der Waals surface area contributed by atoms with E-state index in [9.17, 15) is 0 Å². The molecule has 1 atom stereocenters. The van der Waals surface area contributed by atoms with E-state index in [0.717, 1.165) is 18.8 Å². The highest BCUT2D eigenvalue weighted by molar-refractivity contribution is 4.94. The minimum absolute atomic E-state index is 0.465. The Morgan fingerprint density at radius 2 is 2.38 bits per heavy atom. The van der Waals surface area contributed by atoms with Crippen LogP contribution in [0.3, 0.4) is 0 Å². The topological polar surface area (TPSA) is 41.3 Å². The summed E-state index contributed by atoms with van der Waals surface area (Å²) in [4.78, 5) is 2.15. The standard InChI is InChI=1S/C9H17N3O/c1-8(7-12(2)3)10-6-9-4-5-13-11-9/h4-5,8,10H,6-7H2,1-3H3. The van der Waals surface area contributed by atoms with Crippen LogP contribution < -0.4 is 5.32 Å². The van der Waals surface area contributed by atoms with Gasteiger partial charge in [0.05, 0.1) is 5.69 Å². The Hall–Kier alpha value is -0.870. The van der Waals surface area contributed by atoms with Crippen molar-refractivity contribution in [2.24, 2.45) is 0 Å². The molecule has 0 saturated carbocycles. The number of nitrogens with one attached hydrogen (secondary N) is 1. The third-order valence-electron chi connectivity index (χ3n) is 1.76. The maximum atomic E-state index is 4.73. The second-order valence-electron chi connectivity index (χ2n) is 3.53. The average Bonchev–Trinajstić information content (AvgIpc) is 2.51. The molecule has 1 aromatic rings. The van der Waals surface area contributed by atoms with Crippen molar-refractivity contribution in [3.8, 4) is 0 Å². The molecule has 0 fully saturated rings. The lowest BCUT2D eigenvalue weighted by Gasteiger charge is -2.17. The Morgan fingerprint density at radius 3 is 2.92 bits per heavy atom. The molecular formula is C9H17N3O. The van der Waals surface area contributed by atoms with E-state index in [4.69, 9.17) is 4.52 Å². The molecule has 4 heteroatoms. The van der Waals surface area contributed by atoms with Crippen molar-refractivity contribution >= 4 is 0 Å². The van der Waals surface area contributed by atoms with E-state index in [1.807, 2.05) is 6.07 Å². The van der Waals surface area contributed by atoms with Crippen LogP contribution in [0, 0.1) is 0 Å². The SMILES string of the molecule is CC(CN(C)C)NCc1ccon1. The van der Waals surface area contributed by atoms with Crippen molar-refractivity contribution in [2.45, 2.75) is 19.5 Å². The minimum Gasteiger partial charge on any atom is -0.364 e. The summed E-state index contributed by atoms with van der Waals surface area (Å²) in [5, 5.41) is 7.17. The molecule has 1 aromatic heterocycles. The van der Waals surface area contributed by atoms with Crippen molar-refractivity contribution < 1.29 is 4.52 Å². The molecule has 0 radical (unpaired) electrons. The van der Waals surface area contributed by atoms with Crippen LogP contribution in [0.1, 0.15) is 12.6 Å². The average molecular weight is 183 g/mol. The lowest BCUT2D eigenvalue weighted by molar-refractivity contribution is 0.344. The number of hydrogen-bond donors (Lipinski definition) is 1. The Labute approximate surface area is 78.9 Å². The van der Waals surface area contributed by atoms with E-state index in [-0.39, 0.29) is 0 Å². The first kappa shape index (κ1) is 10.2. The fraction of sp³-hybridized carbons (Fsp3) is 0.667. The summed E-state index contributed by atoms with van der Waals surface area (Å²) in [6, 6.07) is 2.33. The molecule has 0 aliphatic heterocycles. The smallest absolute Gasteiger partial charge is 0.124 e. The monoisotopic (exact) mass is 183 g/mol. The van der Waals surface area contributed by atoms with E-state index < -0.39 is 0 Å². The molecule has 13 heavy (non-hydrogen) atoms. The Kier molecular flexibility index (Phi) is 3.92. The van der Waals surface area contributed by atoms with Crippen molar-refractivity contribution in [3.63, 3.8) is 0 Å². The van der Waals surface area contributed by atoms with Gasteiger partial charge in [0.15, 0.2) is 0 Å². The summed E-state index contributed by atoms with van der Waals surface area (Å²) in [5.41, 5.74) is 0.950. The molecule has 0 aliphatic carbocycles.